The van der Waals surface area contributed by atoms with Gasteiger partial charge in [0.1, 0.15) is 0 Å². The molecule has 0 N–H and O–H groups in total. The summed E-state index contributed by atoms with van der Waals surface area (Å²) in [5.41, 5.74) is 2.65. The third-order valence-corrected chi connectivity index (χ3v) is 6.85. The maximum absolute atomic E-state index is 13.1. The van der Waals surface area contributed by atoms with Crippen LogP contribution in [-0.2, 0) is 23.0 Å². The van der Waals surface area contributed by atoms with E-state index in [1.807, 2.05) is 24.3 Å². The second-order valence-electron chi connectivity index (χ2n) is 6.97. The fourth-order valence-corrected chi connectivity index (χ4v) is 4.80. The number of sulfonamides is 1. The molecule has 1 aliphatic rings. The summed E-state index contributed by atoms with van der Waals surface area (Å²) in [5, 5.41) is 0. The minimum Gasteiger partial charge on any atom is -0.342 e. The van der Waals surface area contributed by atoms with Gasteiger partial charge in [-0.15, -0.1) is 0 Å². The lowest BCUT2D eigenvalue weighted by molar-refractivity contribution is 0.0793. The Kier molecular flexibility index (Phi) is 5.97. The number of rotatable bonds is 6. The molecule has 5 nitrogen and oxygen atoms in total. The average molecular weight is 387 g/mol. The van der Waals surface area contributed by atoms with Crippen LogP contribution in [0.5, 0.6) is 0 Å². The van der Waals surface area contributed by atoms with E-state index >= 15 is 0 Å². The molecule has 2 aromatic rings. The minimum absolute atomic E-state index is 0.149. The molecule has 0 fully saturated rings. The molecule has 0 radical (unpaired) electrons. The number of fused-ring (bicyclic) bond motifs is 1. The molecule has 0 bridgehead atoms. The van der Waals surface area contributed by atoms with Gasteiger partial charge in [-0.25, -0.2) is 8.42 Å². The van der Waals surface area contributed by atoms with Crippen molar-refractivity contribution < 1.29 is 13.2 Å². The van der Waals surface area contributed by atoms with Gasteiger partial charge in [0.25, 0.3) is 5.91 Å². The Morgan fingerprint density at radius 2 is 1.85 bits per heavy atom. The third-order valence-electron chi connectivity index (χ3n) is 5.01. The molecule has 0 saturated carbocycles. The van der Waals surface area contributed by atoms with Gasteiger partial charge in [0.2, 0.25) is 10.0 Å². The first kappa shape index (κ1) is 19.6. The van der Waals surface area contributed by atoms with E-state index < -0.39 is 10.0 Å². The van der Waals surface area contributed by atoms with Gasteiger partial charge in [-0.2, -0.15) is 4.31 Å². The Hall–Kier alpha value is -2.18. The van der Waals surface area contributed by atoms with E-state index in [1.165, 1.54) is 15.9 Å². The first-order valence-electron chi connectivity index (χ1n) is 9.36. The van der Waals surface area contributed by atoms with Crippen LogP contribution < -0.4 is 0 Å². The molecule has 27 heavy (non-hydrogen) atoms. The fourth-order valence-electron chi connectivity index (χ4n) is 3.33. The second kappa shape index (κ2) is 8.23. The van der Waals surface area contributed by atoms with Gasteiger partial charge in [-0.3, -0.25) is 4.79 Å². The van der Waals surface area contributed by atoms with Crippen LogP contribution in [0.3, 0.4) is 0 Å². The number of nitrogens with zero attached hydrogens (tertiary/aromatic N) is 2. The Morgan fingerprint density at radius 3 is 2.59 bits per heavy atom. The SMILES string of the molecule is CCCCN(C)C(=O)c1cccc(S(=O)(=O)N2CCc3ccccc3C2)c1. The molecule has 0 aromatic heterocycles. The lowest BCUT2D eigenvalue weighted by Crippen LogP contribution is -2.36. The largest absolute Gasteiger partial charge is 0.342 e. The van der Waals surface area contributed by atoms with Crippen LogP contribution in [0, 0.1) is 0 Å². The third kappa shape index (κ3) is 4.22. The lowest BCUT2D eigenvalue weighted by atomic mass is 10.0. The van der Waals surface area contributed by atoms with E-state index in [2.05, 4.69) is 6.92 Å². The smallest absolute Gasteiger partial charge is 0.253 e. The van der Waals surface area contributed by atoms with E-state index in [0.717, 1.165) is 18.4 Å². The molecule has 0 unspecified atom stereocenters. The quantitative estimate of drug-likeness (QED) is 0.765. The summed E-state index contributed by atoms with van der Waals surface area (Å²) in [6.07, 6.45) is 2.63. The zero-order valence-corrected chi connectivity index (χ0v) is 16.7. The van der Waals surface area contributed by atoms with Crippen molar-refractivity contribution in [3.05, 3.63) is 65.2 Å². The normalized spacial score (nSPS) is 14.6. The molecule has 0 spiro atoms. The van der Waals surface area contributed by atoms with Crippen molar-refractivity contribution in [2.75, 3.05) is 20.1 Å². The Morgan fingerprint density at radius 1 is 1.11 bits per heavy atom. The van der Waals surface area contributed by atoms with Gasteiger partial charge in [0, 0.05) is 32.2 Å². The number of hydrogen-bond acceptors (Lipinski definition) is 3. The predicted octanol–water partition coefficient (Wildman–Crippen LogP) is 3.31. The van der Waals surface area contributed by atoms with E-state index in [9.17, 15) is 13.2 Å². The van der Waals surface area contributed by atoms with Crippen LogP contribution in [0.2, 0.25) is 0 Å². The highest BCUT2D eigenvalue weighted by molar-refractivity contribution is 7.89. The number of unbranched alkanes of at least 4 members (excludes halogenated alkanes) is 1. The topological polar surface area (TPSA) is 57.7 Å². The van der Waals surface area contributed by atoms with E-state index in [1.54, 1.807) is 30.1 Å². The first-order valence-corrected chi connectivity index (χ1v) is 10.8. The number of carbonyl (C=O) groups excluding carboxylic acids is 1. The van der Waals surface area contributed by atoms with Crippen LogP contribution in [0.15, 0.2) is 53.4 Å². The van der Waals surface area contributed by atoms with Gasteiger partial charge in [0.15, 0.2) is 0 Å². The molecule has 0 saturated heterocycles. The molecule has 1 amide bonds. The van der Waals surface area contributed by atoms with Crippen molar-refractivity contribution in [3.8, 4) is 0 Å². The molecular weight excluding hydrogens is 360 g/mol. The highest BCUT2D eigenvalue weighted by Gasteiger charge is 2.28. The molecule has 1 heterocycles. The van der Waals surface area contributed by atoms with Crippen molar-refractivity contribution >= 4 is 15.9 Å². The number of hydrogen-bond donors (Lipinski definition) is 0. The van der Waals surface area contributed by atoms with Crippen molar-refractivity contribution in [2.45, 2.75) is 37.6 Å². The van der Waals surface area contributed by atoms with Gasteiger partial charge in [-0.1, -0.05) is 43.7 Å². The summed E-state index contributed by atoms with van der Waals surface area (Å²) in [7, 11) is -1.89. The van der Waals surface area contributed by atoms with Crippen LogP contribution in [0.4, 0.5) is 0 Å². The van der Waals surface area contributed by atoms with Crippen molar-refractivity contribution in [2.24, 2.45) is 0 Å². The summed E-state index contributed by atoms with van der Waals surface area (Å²) >= 11 is 0. The van der Waals surface area contributed by atoms with E-state index in [0.29, 0.717) is 31.6 Å². The van der Waals surface area contributed by atoms with Crippen LogP contribution in [-0.4, -0.2) is 43.7 Å². The monoisotopic (exact) mass is 386 g/mol. The zero-order chi connectivity index (χ0) is 19.4. The molecule has 6 heteroatoms. The van der Waals surface area contributed by atoms with E-state index in [4.69, 9.17) is 0 Å². The zero-order valence-electron chi connectivity index (χ0n) is 15.9. The standard InChI is InChI=1S/C21H26N2O3S/c1-3-4-13-22(2)21(24)18-10-7-11-20(15-18)27(25,26)23-14-12-17-8-5-6-9-19(17)16-23/h5-11,15H,3-4,12-14,16H2,1-2H3. The molecular formula is C21H26N2O3S. The van der Waals surface area contributed by atoms with E-state index in [-0.39, 0.29) is 10.8 Å². The Labute approximate surface area is 161 Å². The second-order valence-corrected chi connectivity index (χ2v) is 8.90. The Balaban J connectivity index is 1.83. The summed E-state index contributed by atoms with van der Waals surface area (Å²) in [6.45, 7) is 3.55. The van der Waals surface area contributed by atoms with Crippen molar-refractivity contribution in [3.63, 3.8) is 0 Å². The summed E-state index contributed by atoms with van der Waals surface area (Å²) in [6, 6.07) is 14.3. The Bertz CT molecular complexity index is 925. The summed E-state index contributed by atoms with van der Waals surface area (Å²) in [5.74, 6) is -0.149. The number of amides is 1. The maximum Gasteiger partial charge on any atom is 0.253 e. The summed E-state index contributed by atoms with van der Waals surface area (Å²) < 4.78 is 27.7. The number of benzene rings is 2. The van der Waals surface area contributed by atoms with Crippen molar-refractivity contribution in [1.82, 2.24) is 9.21 Å². The molecule has 1 aliphatic heterocycles. The first-order chi connectivity index (χ1) is 12.9. The molecule has 0 atom stereocenters. The predicted molar refractivity (Wildman–Crippen MR) is 106 cm³/mol. The molecule has 2 aromatic carbocycles. The molecule has 3 rings (SSSR count). The highest BCUT2D eigenvalue weighted by atomic mass is 32.2. The molecule has 144 valence electrons. The van der Waals surface area contributed by atoms with Crippen molar-refractivity contribution in [1.29, 1.82) is 0 Å². The van der Waals surface area contributed by atoms with Gasteiger partial charge in [-0.05, 0) is 42.2 Å². The van der Waals surface area contributed by atoms with Gasteiger partial charge < -0.3 is 4.90 Å². The van der Waals surface area contributed by atoms with Gasteiger partial charge in [0.05, 0.1) is 4.90 Å². The van der Waals surface area contributed by atoms with Crippen LogP contribution in [0.25, 0.3) is 0 Å². The summed E-state index contributed by atoms with van der Waals surface area (Å²) in [4.78, 5) is 14.4. The highest BCUT2D eigenvalue weighted by Crippen LogP contribution is 2.25. The number of carbonyl (C=O) groups is 1. The fraction of sp³-hybridized carbons (Fsp3) is 0.381. The molecule has 0 aliphatic carbocycles. The average Bonchev–Trinajstić information content (AvgIpc) is 2.71. The lowest BCUT2D eigenvalue weighted by Gasteiger charge is -2.28. The maximum atomic E-state index is 13.1. The van der Waals surface area contributed by atoms with Crippen LogP contribution >= 0.6 is 0 Å². The van der Waals surface area contributed by atoms with Crippen LogP contribution in [0.1, 0.15) is 41.3 Å². The minimum atomic E-state index is -3.64. The van der Waals surface area contributed by atoms with Gasteiger partial charge >= 0.3 is 0 Å².